The second-order valence-corrected chi connectivity index (χ2v) is 0. The Bertz CT molecular complexity index is 8.00. The molecule has 4 heavy (non-hydrogen) atoms. The molecule has 0 rings (SSSR count). The van der Waals surface area contributed by atoms with Crippen LogP contribution in [0.2, 0.25) is 0 Å². The molecule has 24 valence electrons. The molecule has 0 heterocycles. The van der Waals surface area contributed by atoms with Crippen LogP contribution in [0.3, 0.4) is 0 Å². The fourth-order valence-electron chi connectivity index (χ4n) is 0. The molecule has 0 N–H and O–H groups in total. The van der Waals surface area contributed by atoms with Crippen molar-refractivity contribution in [3.8, 4) is 0 Å². The van der Waals surface area contributed by atoms with Crippen molar-refractivity contribution in [3.63, 3.8) is 0 Å². The first-order valence-electron chi connectivity index (χ1n) is 0.289. The van der Waals surface area contributed by atoms with Gasteiger partial charge < -0.3 is 0 Å². The molecule has 0 aliphatic carbocycles. The van der Waals surface area contributed by atoms with Crippen molar-refractivity contribution in [2.24, 2.45) is 0 Å². The molecule has 0 aromatic heterocycles. The molecule has 0 fully saturated rings. The fourth-order valence-corrected chi connectivity index (χ4v) is 0. The topological polar surface area (TPSA) is 17.1 Å². The van der Waals surface area contributed by atoms with Gasteiger partial charge in [0.25, 0.3) is 0 Å². The zero-order chi connectivity index (χ0) is 2.00. The van der Waals surface area contributed by atoms with Gasteiger partial charge in [0.15, 0.2) is 0 Å². The van der Waals surface area contributed by atoms with Gasteiger partial charge in [0.1, 0.15) is 0 Å². The average Bonchev–Trinajstić information content (AvgIpc) is 1.00. The quantitative estimate of drug-likeness (QED) is 0.423. The van der Waals surface area contributed by atoms with Gasteiger partial charge in [-0.2, -0.15) is 0 Å². The van der Waals surface area contributed by atoms with Crippen molar-refractivity contribution >= 4 is 61.8 Å². The Balaban J connectivity index is -0.00000000500. The van der Waals surface area contributed by atoms with Gasteiger partial charge in [0.2, 0.25) is 0 Å². The molecule has 0 aromatic rings. The molecule has 0 aliphatic rings. The van der Waals surface area contributed by atoms with E-state index in [1.54, 1.807) is 0 Å². The second kappa shape index (κ2) is 21.0. The van der Waals surface area contributed by atoms with Crippen LogP contribution in [0, 0.1) is 0 Å². The molecule has 0 unspecified atom stereocenters. The molecule has 4 heteroatoms. The number of rotatable bonds is 0. The summed E-state index contributed by atoms with van der Waals surface area (Å²) in [4.78, 5) is 0. The molecule has 0 atom stereocenters. The standard InChI is InChI=1S/Ga.GeH4.In.O.4H/h;1H4;;;;;;. The molecule has 1 nitrogen and oxygen atoms in total. The molecule has 0 amide bonds. The van der Waals surface area contributed by atoms with Crippen molar-refractivity contribution in [1.29, 1.82) is 0 Å². The normalized spacial score (nSPS) is 0.750. The first-order chi connectivity index (χ1) is 1.00. The summed E-state index contributed by atoms with van der Waals surface area (Å²) >= 11 is -0.1000. The summed E-state index contributed by atoms with van der Waals surface area (Å²) < 4.78 is 8.42. The molecule has 0 aromatic carbocycles. The molecule has 0 saturated heterocycles. The molecule has 0 aliphatic heterocycles. The van der Waals surface area contributed by atoms with Crippen LogP contribution < -0.4 is 0 Å². The van der Waals surface area contributed by atoms with Gasteiger partial charge in [0.05, 0.1) is 0 Å². The molecule has 0 saturated carbocycles. The fraction of sp³-hybridized carbons (Fsp3) is 0. The van der Waals surface area contributed by atoms with Crippen LogP contribution in [0.4, 0.5) is 0 Å². The minimum absolute atomic E-state index is 0. The van der Waals surface area contributed by atoms with Crippen LogP contribution in [0.5, 0.6) is 0 Å². The average molecular weight is 281 g/mol. The van der Waals surface area contributed by atoms with Crippen LogP contribution in [0.25, 0.3) is 0 Å². The summed E-state index contributed by atoms with van der Waals surface area (Å²) in [7, 11) is 0. The first kappa shape index (κ1) is 16.9. The van der Waals surface area contributed by atoms with E-state index in [4.69, 9.17) is 2.85 Å². The van der Waals surface area contributed by atoms with Gasteiger partial charge in [-0.15, -0.1) is 0 Å². The molecule has 0 spiro atoms. The summed E-state index contributed by atoms with van der Waals surface area (Å²) in [6.07, 6.45) is 0. The van der Waals surface area contributed by atoms with E-state index < -0.39 is 0 Å². The van der Waals surface area contributed by atoms with Crippen molar-refractivity contribution in [2.75, 3.05) is 0 Å². The van der Waals surface area contributed by atoms with Crippen molar-refractivity contribution in [2.45, 2.75) is 0 Å². The Labute approximate surface area is 63.9 Å². The third kappa shape index (κ3) is 9.14. The van der Waals surface area contributed by atoms with Gasteiger partial charge in [-0.3, -0.25) is 0 Å². The first-order valence-corrected chi connectivity index (χ1v) is 1.94. The van der Waals surface area contributed by atoms with E-state index in [9.17, 15) is 0 Å². The molecule has 0 bridgehead atoms. The second-order valence-electron chi connectivity index (χ2n) is 0. The summed E-state index contributed by atoms with van der Waals surface area (Å²) in [6, 6.07) is 0. The van der Waals surface area contributed by atoms with Crippen molar-refractivity contribution in [1.82, 2.24) is 0 Å². The summed E-state index contributed by atoms with van der Waals surface area (Å²) in [5.74, 6) is 0. The third-order valence-electron chi connectivity index (χ3n) is 0. The van der Waals surface area contributed by atoms with Crippen LogP contribution in [-0.4, -0.2) is 61.8 Å². The minimum atomic E-state index is -0.1000. The zero-order valence-corrected chi connectivity index (χ0v) is 5.15. The van der Waals surface area contributed by atoms with Crippen LogP contribution >= 0.6 is 0 Å². The Hall–Kier alpha value is 1.85. The Kier molecular flexibility index (Phi) is 89.0. The summed E-state index contributed by atoms with van der Waals surface area (Å²) in [5.41, 5.74) is 0. The van der Waals surface area contributed by atoms with E-state index in [0.29, 0.717) is 0 Å². The van der Waals surface area contributed by atoms with E-state index in [0.717, 1.165) is 0 Å². The van der Waals surface area contributed by atoms with Gasteiger partial charge in [-0.1, -0.05) is 0 Å². The van der Waals surface area contributed by atoms with E-state index in [-0.39, 0.29) is 61.8 Å². The summed E-state index contributed by atoms with van der Waals surface area (Å²) in [5, 5.41) is 0. The third-order valence-corrected chi connectivity index (χ3v) is 0. The zero-order valence-electron chi connectivity index (χ0n) is 1.12. The van der Waals surface area contributed by atoms with Gasteiger partial charge >= 0.3 is 64.6 Å². The van der Waals surface area contributed by atoms with Crippen LogP contribution in [0.15, 0.2) is 0 Å². The van der Waals surface area contributed by atoms with E-state index in [1.807, 2.05) is 0 Å². The maximum absolute atomic E-state index is 8.42. The Morgan fingerprint density at radius 2 is 1.25 bits per heavy atom. The van der Waals surface area contributed by atoms with Crippen molar-refractivity contribution in [3.05, 3.63) is 0 Å². The van der Waals surface area contributed by atoms with E-state index >= 15 is 0 Å². The Morgan fingerprint density at radius 1 is 1.25 bits per heavy atom. The van der Waals surface area contributed by atoms with Crippen molar-refractivity contribution < 1.29 is 2.85 Å². The van der Waals surface area contributed by atoms with Crippen LogP contribution in [0.1, 0.15) is 0 Å². The predicted molar refractivity (Wildman–Crippen MR) is 29.1 cm³/mol. The van der Waals surface area contributed by atoms with Crippen LogP contribution in [-0.2, 0) is 2.85 Å². The predicted octanol–water partition coefficient (Wildman–Crippen LogP) is -3.40. The molecule has 0 radical (unpaired) electrons. The molecular formula is H8GaGeInO. The number of hydrogen-bond acceptors (Lipinski definition) is 1. The van der Waals surface area contributed by atoms with Gasteiger partial charge in [0, 0.05) is 0 Å². The number of hydrogen-bond donors (Lipinski definition) is 0. The van der Waals surface area contributed by atoms with Gasteiger partial charge in [-0.25, -0.2) is 0 Å². The summed E-state index contributed by atoms with van der Waals surface area (Å²) in [6.45, 7) is 0. The van der Waals surface area contributed by atoms with E-state index in [1.165, 1.54) is 0 Å². The Morgan fingerprint density at radius 3 is 1.25 bits per heavy atom. The van der Waals surface area contributed by atoms with E-state index in [2.05, 4.69) is 0 Å². The van der Waals surface area contributed by atoms with Gasteiger partial charge in [-0.05, 0) is 0 Å². The monoisotopic (exact) mass is 282 g/mol. The molecular weight excluding hydrogens is 273 g/mol. The maximum atomic E-state index is 8.42. The SMILES string of the molecule is [GaH3].[GeH4].[O]=[InH].